The van der Waals surface area contributed by atoms with Crippen LogP contribution in [0.4, 0.5) is 0 Å². The summed E-state index contributed by atoms with van der Waals surface area (Å²) in [7, 11) is 0. The predicted molar refractivity (Wildman–Crippen MR) is 97.5 cm³/mol. The highest BCUT2D eigenvalue weighted by molar-refractivity contribution is 14.1. The molecule has 0 aliphatic rings. The van der Waals surface area contributed by atoms with Gasteiger partial charge in [0, 0.05) is 22.8 Å². The smallest absolute Gasteiger partial charge is 0.137 e. The Morgan fingerprint density at radius 2 is 1.73 bits per heavy atom. The summed E-state index contributed by atoms with van der Waals surface area (Å²) in [5.41, 5.74) is 5.12. The minimum absolute atomic E-state index is 0.897. The third-order valence-electron chi connectivity index (χ3n) is 3.57. The maximum absolute atomic E-state index is 4.55. The van der Waals surface area contributed by atoms with Gasteiger partial charge in [-0.1, -0.05) is 36.4 Å². The maximum atomic E-state index is 4.55. The van der Waals surface area contributed by atoms with Gasteiger partial charge in [-0.15, -0.1) is 0 Å². The summed E-state index contributed by atoms with van der Waals surface area (Å²) in [5.74, 6) is 0. The molecule has 1 N–H and O–H groups in total. The summed E-state index contributed by atoms with van der Waals surface area (Å²) in [6, 6.07) is 20.5. The fourth-order valence-electron chi connectivity index (χ4n) is 2.50. The van der Waals surface area contributed by atoms with E-state index in [0.717, 1.165) is 37.2 Å². The highest BCUT2D eigenvalue weighted by Gasteiger charge is 2.07. The van der Waals surface area contributed by atoms with E-state index in [1.165, 1.54) is 0 Å². The second-order valence-corrected chi connectivity index (χ2v) is 6.16. The lowest BCUT2D eigenvalue weighted by Crippen LogP contribution is -1.87. The number of benzene rings is 1. The van der Waals surface area contributed by atoms with Gasteiger partial charge in [-0.25, -0.2) is 9.97 Å². The second-order valence-electron chi connectivity index (χ2n) is 5.06. The van der Waals surface area contributed by atoms with Crippen molar-refractivity contribution in [3.63, 3.8) is 0 Å². The lowest BCUT2D eigenvalue weighted by molar-refractivity contribution is 1.26. The molecule has 0 aliphatic heterocycles. The molecule has 106 valence electrons. The molecule has 0 saturated heterocycles. The van der Waals surface area contributed by atoms with Crippen molar-refractivity contribution in [3.8, 4) is 22.5 Å². The van der Waals surface area contributed by atoms with Gasteiger partial charge in [0.1, 0.15) is 9.35 Å². The fourth-order valence-corrected chi connectivity index (χ4v) is 2.97. The first-order valence-electron chi connectivity index (χ1n) is 6.97. The van der Waals surface area contributed by atoms with E-state index < -0.39 is 0 Å². The van der Waals surface area contributed by atoms with Crippen molar-refractivity contribution in [2.45, 2.75) is 0 Å². The Labute approximate surface area is 141 Å². The SMILES string of the molecule is Ic1cccc(-c2cnc3[nH]c(-c4ccccc4)cc3c2)n1. The number of halogens is 1. The molecule has 3 nitrogen and oxygen atoms in total. The van der Waals surface area contributed by atoms with Gasteiger partial charge >= 0.3 is 0 Å². The lowest BCUT2D eigenvalue weighted by atomic mass is 10.1. The van der Waals surface area contributed by atoms with Gasteiger partial charge in [0.05, 0.1) is 5.69 Å². The molecule has 4 aromatic rings. The van der Waals surface area contributed by atoms with E-state index in [-0.39, 0.29) is 0 Å². The van der Waals surface area contributed by atoms with Crippen LogP contribution in [0.2, 0.25) is 0 Å². The van der Waals surface area contributed by atoms with Gasteiger partial charge in [-0.2, -0.15) is 0 Å². The molecule has 4 rings (SSSR count). The minimum Gasteiger partial charge on any atom is -0.339 e. The van der Waals surface area contributed by atoms with E-state index in [1.807, 2.05) is 42.6 Å². The van der Waals surface area contributed by atoms with E-state index in [2.05, 4.69) is 61.8 Å². The van der Waals surface area contributed by atoms with Crippen LogP contribution in [0.3, 0.4) is 0 Å². The van der Waals surface area contributed by atoms with Gasteiger partial charge in [0.2, 0.25) is 0 Å². The Balaban J connectivity index is 1.82. The molecule has 0 unspecified atom stereocenters. The molecule has 0 radical (unpaired) electrons. The van der Waals surface area contributed by atoms with Crippen molar-refractivity contribution in [2.24, 2.45) is 0 Å². The molecule has 0 fully saturated rings. The highest BCUT2D eigenvalue weighted by atomic mass is 127. The monoisotopic (exact) mass is 397 g/mol. The van der Waals surface area contributed by atoms with Crippen LogP contribution >= 0.6 is 22.6 Å². The molecule has 0 bridgehead atoms. The zero-order valence-electron chi connectivity index (χ0n) is 11.6. The predicted octanol–water partition coefficient (Wildman–Crippen LogP) is 4.90. The van der Waals surface area contributed by atoms with Crippen LogP contribution in [0.1, 0.15) is 0 Å². The van der Waals surface area contributed by atoms with E-state index in [0.29, 0.717) is 0 Å². The van der Waals surface area contributed by atoms with Crippen LogP contribution in [-0.4, -0.2) is 15.0 Å². The van der Waals surface area contributed by atoms with Crippen molar-refractivity contribution >= 4 is 33.6 Å². The van der Waals surface area contributed by atoms with Gasteiger partial charge in [-0.3, -0.25) is 0 Å². The summed E-state index contributed by atoms with van der Waals surface area (Å²) < 4.78 is 0.981. The first kappa shape index (κ1) is 13.5. The number of hydrogen-bond acceptors (Lipinski definition) is 2. The Morgan fingerprint density at radius 1 is 0.864 bits per heavy atom. The number of rotatable bonds is 2. The van der Waals surface area contributed by atoms with Crippen molar-refractivity contribution in [1.82, 2.24) is 15.0 Å². The van der Waals surface area contributed by atoms with Crippen molar-refractivity contribution < 1.29 is 0 Å². The third kappa shape index (κ3) is 2.50. The summed E-state index contributed by atoms with van der Waals surface area (Å²) in [5, 5.41) is 1.09. The molecule has 0 spiro atoms. The Hall–Kier alpha value is -2.21. The molecule has 0 aliphatic carbocycles. The number of H-pyrrole nitrogens is 1. The number of fused-ring (bicyclic) bond motifs is 1. The minimum atomic E-state index is 0.897. The van der Waals surface area contributed by atoms with Crippen molar-refractivity contribution in [3.05, 3.63) is 70.6 Å². The Morgan fingerprint density at radius 3 is 2.55 bits per heavy atom. The normalized spacial score (nSPS) is 11.0. The van der Waals surface area contributed by atoms with Crippen LogP contribution in [0.15, 0.2) is 66.9 Å². The number of hydrogen-bond donors (Lipinski definition) is 1. The van der Waals surface area contributed by atoms with Crippen LogP contribution in [-0.2, 0) is 0 Å². The molecule has 3 heterocycles. The van der Waals surface area contributed by atoms with E-state index in [1.54, 1.807) is 0 Å². The molecular weight excluding hydrogens is 385 g/mol. The average molecular weight is 397 g/mol. The van der Waals surface area contributed by atoms with Gasteiger partial charge in [0.15, 0.2) is 0 Å². The molecule has 22 heavy (non-hydrogen) atoms. The van der Waals surface area contributed by atoms with Gasteiger partial charge in [-0.05, 0) is 52.4 Å². The summed E-state index contributed by atoms with van der Waals surface area (Å²) in [4.78, 5) is 12.5. The highest BCUT2D eigenvalue weighted by Crippen LogP contribution is 2.26. The molecule has 3 aromatic heterocycles. The molecule has 0 atom stereocenters. The zero-order valence-corrected chi connectivity index (χ0v) is 13.8. The summed E-state index contributed by atoms with van der Waals surface area (Å²) >= 11 is 2.22. The Bertz CT molecular complexity index is 945. The zero-order chi connectivity index (χ0) is 14.9. The number of aromatic amines is 1. The van der Waals surface area contributed by atoms with Crippen LogP contribution in [0.5, 0.6) is 0 Å². The number of pyridine rings is 2. The molecular formula is C18H12IN3. The topological polar surface area (TPSA) is 41.6 Å². The first-order chi connectivity index (χ1) is 10.8. The van der Waals surface area contributed by atoms with Crippen LogP contribution in [0, 0.1) is 3.70 Å². The fraction of sp³-hybridized carbons (Fsp3) is 0. The molecule has 0 saturated carbocycles. The van der Waals surface area contributed by atoms with Crippen LogP contribution in [0.25, 0.3) is 33.5 Å². The van der Waals surface area contributed by atoms with Gasteiger partial charge in [0.25, 0.3) is 0 Å². The first-order valence-corrected chi connectivity index (χ1v) is 8.04. The van der Waals surface area contributed by atoms with E-state index >= 15 is 0 Å². The average Bonchev–Trinajstić information content (AvgIpc) is 2.99. The number of nitrogens with zero attached hydrogens (tertiary/aromatic N) is 2. The number of aromatic nitrogens is 3. The van der Waals surface area contributed by atoms with E-state index in [9.17, 15) is 0 Å². The molecule has 0 amide bonds. The third-order valence-corrected chi connectivity index (χ3v) is 4.17. The standard InChI is InChI=1S/C18H12IN3/c19-17-8-4-7-15(21-17)14-9-13-10-16(22-18(13)20-11-14)12-5-2-1-3-6-12/h1-11H,(H,20,22). The van der Waals surface area contributed by atoms with Crippen molar-refractivity contribution in [2.75, 3.05) is 0 Å². The van der Waals surface area contributed by atoms with Crippen molar-refractivity contribution in [1.29, 1.82) is 0 Å². The quantitative estimate of drug-likeness (QED) is 0.386. The largest absolute Gasteiger partial charge is 0.339 e. The van der Waals surface area contributed by atoms with E-state index in [4.69, 9.17) is 0 Å². The molecule has 4 heteroatoms. The summed E-state index contributed by atoms with van der Waals surface area (Å²) in [6.45, 7) is 0. The maximum Gasteiger partial charge on any atom is 0.137 e. The van der Waals surface area contributed by atoms with Gasteiger partial charge < -0.3 is 4.98 Å². The number of nitrogens with one attached hydrogen (secondary N) is 1. The second kappa shape index (κ2) is 5.53. The summed E-state index contributed by atoms with van der Waals surface area (Å²) in [6.07, 6.45) is 1.87. The lowest BCUT2D eigenvalue weighted by Gasteiger charge is -2.00. The van der Waals surface area contributed by atoms with Crippen LogP contribution < -0.4 is 0 Å². The molecule has 1 aromatic carbocycles. The Kier molecular flexibility index (Phi) is 3.38.